The summed E-state index contributed by atoms with van der Waals surface area (Å²) in [5.74, 6) is 0.868. The van der Waals surface area contributed by atoms with Crippen molar-refractivity contribution in [2.75, 3.05) is 26.1 Å². The Bertz CT molecular complexity index is 233. The van der Waals surface area contributed by atoms with Crippen molar-refractivity contribution in [3.05, 3.63) is 24.3 Å². The van der Waals surface area contributed by atoms with E-state index in [0.29, 0.717) is 0 Å². The molecular formula is C9H12NO. The minimum absolute atomic E-state index is 0.868. The van der Waals surface area contributed by atoms with Gasteiger partial charge in [-0.25, -0.2) is 0 Å². The summed E-state index contributed by atoms with van der Waals surface area (Å²) in [5, 5.41) is 0. The predicted molar refractivity (Wildman–Crippen MR) is 46.2 cm³/mol. The molecule has 0 N–H and O–H groups in total. The summed E-state index contributed by atoms with van der Waals surface area (Å²) in [4.78, 5) is 1.99. The molecule has 0 unspecified atom stereocenters. The molecular weight excluding hydrogens is 138 g/mol. The van der Waals surface area contributed by atoms with Crippen LogP contribution in [0, 0.1) is 6.07 Å². The molecule has 0 spiro atoms. The molecule has 0 saturated heterocycles. The van der Waals surface area contributed by atoms with Gasteiger partial charge in [0.2, 0.25) is 0 Å². The third kappa shape index (κ3) is 1.87. The summed E-state index contributed by atoms with van der Waals surface area (Å²) in [6.45, 7) is 0. The molecule has 0 bridgehead atoms. The molecule has 0 aliphatic carbocycles. The monoisotopic (exact) mass is 150 g/mol. The highest BCUT2D eigenvalue weighted by molar-refractivity contribution is 5.48. The van der Waals surface area contributed by atoms with Crippen LogP contribution in [0.25, 0.3) is 0 Å². The van der Waals surface area contributed by atoms with E-state index in [2.05, 4.69) is 6.07 Å². The summed E-state index contributed by atoms with van der Waals surface area (Å²) in [6.07, 6.45) is 0. The maximum absolute atomic E-state index is 5.06. The Morgan fingerprint density at radius 3 is 2.73 bits per heavy atom. The van der Waals surface area contributed by atoms with E-state index in [1.165, 1.54) is 0 Å². The minimum atomic E-state index is 0.868. The lowest BCUT2D eigenvalue weighted by molar-refractivity contribution is 0.415. The first-order valence-corrected chi connectivity index (χ1v) is 3.47. The van der Waals surface area contributed by atoms with Crippen molar-refractivity contribution < 1.29 is 4.74 Å². The van der Waals surface area contributed by atoms with E-state index in [9.17, 15) is 0 Å². The van der Waals surface area contributed by atoms with Crippen molar-refractivity contribution in [2.45, 2.75) is 0 Å². The van der Waals surface area contributed by atoms with Gasteiger partial charge in [0.05, 0.1) is 7.11 Å². The van der Waals surface area contributed by atoms with Crippen molar-refractivity contribution in [3.63, 3.8) is 0 Å². The molecule has 2 heteroatoms. The van der Waals surface area contributed by atoms with Crippen LogP contribution in [0.4, 0.5) is 5.69 Å². The highest BCUT2D eigenvalue weighted by atomic mass is 16.5. The average molecular weight is 150 g/mol. The Morgan fingerprint density at radius 2 is 2.18 bits per heavy atom. The third-order valence-electron chi connectivity index (χ3n) is 1.48. The fraction of sp³-hybridized carbons (Fsp3) is 0.333. The van der Waals surface area contributed by atoms with E-state index >= 15 is 0 Å². The normalized spacial score (nSPS) is 9.36. The van der Waals surface area contributed by atoms with Gasteiger partial charge in [0.1, 0.15) is 5.75 Å². The van der Waals surface area contributed by atoms with Crippen LogP contribution in [0.2, 0.25) is 0 Å². The van der Waals surface area contributed by atoms with Gasteiger partial charge in [-0.05, 0) is 12.1 Å². The average Bonchev–Trinajstić information content (AvgIpc) is 2.05. The Labute approximate surface area is 67.4 Å². The highest BCUT2D eigenvalue weighted by Crippen LogP contribution is 2.17. The molecule has 1 rings (SSSR count). The van der Waals surface area contributed by atoms with Crippen LogP contribution in [-0.2, 0) is 0 Å². The van der Waals surface area contributed by atoms with Gasteiger partial charge in [0.15, 0.2) is 0 Å². The molecule has 1 radical (unpaired) electrons. The number of nitrogens with zero attached hydrogens (tertiary/aromatic N) is 1. The van der Waals surface area contributed by atoms with Crippen molar-refractivity contribution in [1.82, 2.24) is 0 Å². The van der Waals surface area contributed by atoms with Gasteiger partial charge in [-0.2, -0.15) is 0 Å². The molecule has 11 heavy (non-hydrogen) atoms. The molecule has 1 aromatic carbocycles. The summed E-state index contributed by atoms with van der Waals surface area (Å²) in [6, 6.07) is 8.77. The van der Waals surface area contributed by atoms with Crippen molar-refractivity contribution in [1.29, 1.82) is 0 Å². The number of anilines is 1. The Kier molecular flexibility index (Phi) is 2.36. The molecule has 2 nitrogen and oxygen atoms in total. The lowest BCUT2D eigenvalue weighted by Crippen LogP contribution is -2.08. The Morgan fingerprint density at radius 1 is 1.45 bits per heavy atom. The number of methoxy groups -OCH3 is 1. The summed E-state index contributed by atoms with van der Waals surface area (Å²) in [5.41, 5.74) is 1.03. The van der Waals surface area contributed by atoms with Crippen LogP contribution in [0.1, 0.15) is 0 Å². The molecule has 0 heterocycles. The number of rotatable bonds is 2. The van der Waals surface area contributed by atoms with Crippen molar-refractivity contribution in [3.8, 4) is 5.75 Å². The van der Waals surface area contributed by atoms with Gasteiger partial charge in [0, 0.05) is 31.9 Å². The molecule has 0 aliphatic rings. The highest BCUT2D eigenvalue weighted by Gasteiger charge is 1.95. The SMILES string of the molecule is COc1cc[c]c(N(C)C)c1. The molecule has 59 valence electrons. The van der Waals surface area contributed by atoms with Crippen LogP contribution < -0.4 is 9.64 Å². The van der Waals surface area contributed by atoms with E-state index in [1.54, 1.807) is 7.11 Å². The van der Waals surface area contributed by atoms with E-state index < -0.39 is 0 Å². The maximum atomic E-state index is 5.06. The first-order chi connectivity index (χ1) is 5.24. The molecule has 0 saturated carbocycles. The molecule has 0 aromatic heterocycles. The maximum Gasteiger partial charge on any atom is 0.120 e. The first kappa shape index (κ1) is 7.92. The standard InChI is InChI=1S/C9H12NO/c1-10(2)8-5-4-6-9(7-8)11-3/h4,6-7H,1-3H3. The topological polar surface area (TPSA) is 12.5 Å². The van der Waals surface area contributed by atoms with Gasteiger partial charge < -0.3 is 9.64 Å². The summed E-state index contributed by atoms with van der Waals surface area (Å²) in [7, 11) is 5.62. The Balaban J connectivity index is 2.91. The number of benzene rings is 1. The van der Waals surface area contributed by atoms with E-state index in [-0.39, 0.29) is 0 Å². The van der Waals surface area contributed by atoms with Crippen molar-refractivity contribution in [2.24, 2.45) is 0 Å². The fourth-order valence-electron chi connectivity index (χ4n) is 0.819. The number of hydrogen-bond acceptors (Lipinski definition) is 2. The zero-order valence-corrected chi connectivity index (χ0v) is 7.09. The van der Waals surface area contributed by atoms with Gasteiger partial charge in [-0.15, -0.1) is 0 Å². The van der Waals surface area contributed by atoms with Crippen LogP contribution in [-0.4, -0.2) is 21.2 Å². The summed E-state index contributed by atoms with van der Waals surface area (Å²) < 4.78 is 5.06. The quantitative estimate of drug-likeness (QED) is 0.634. The van der Waals surface area contributed by atoms with Gasteiger partial charge >= 0.3 is 0 Å². The van der Waals surface area contributed by atoms with Crippen LogP contribution in [0.3, 0.4) is 0 Å². The third-order valence-corrected chi connectivity index (χ3v) is 1.48. The second kappa shape index (κ2) is 3.28. The zero-order chi connectivity index (χ0) is 8.27. The van der Waals surface area contributed by atoms with Crippen LogP contribution >= 0.6 is 0 Å². The predicted octanol–water partition coefficient (Wildman–Crippen LogP) is 1.56. The second-order valence-corrected chi connectivity index (χ2v) is 2.51. The molecule has 0 atom stereocenters. The largest absolute Gasteiger partial charge is 0.497 e. The van der Waals surface area contributed by atoms with Crippen LogP contribution in [0.15, 0.2) is 18.2 Å². The van der Waals surface area contributed by atoms with E-state index in [0.717, 1.165) is 11.4 Å². The van der Waals surface area contributed by atoms with E-state index in [1.807, 2.05) is 37.2 Å². The number of ether oxygens (including phenoxy) is 1. The Hall–Kier alpha value is -1.18. The molecule has 0 aliphatic heterocycles. The molecule has 1 aromatic rings. The van der Waals surface area contributed by atoms with Crippen molar-refractivity contribution >= 4 is 5.69 Å². The lowest BCUT2D eigenvalue weighted by Gasteiger charge is -2.12. The smallest absolute Gasteiger partial charge is 0.120 e. The first-order valence-electron chi connectivity index (χ1n) is 3.47. The number of hydrogen-bond donors (Lipinski definition) is 0. The van der Waals surface area contributed by atoms with Gasteiger partial charge in [-0.3, -0.25) is 0 Å². The molecule has 0 amide bonds. The molecule has 0 fully saturated rings. The van der Waals surface area contributed by atoms with Gasteiger partial charge in [-0.1, -0.05) is 0 Å². The van der Waals surface area contributed by atoms with Crippen LogP contribution in [0.5, 0.6) is 5.75 Å². The zero-order valence-electron chi connectivity index (χ0n) is 7.09. The van der Waals surface area contributed by atoms with E-state index in [4.69, 9.17) is 4.74 Å². The second-order valence-electron chi connectivity index (χ2n) is 2.51. The minimum Gasteiger partial charge on any atom is -0.497 e. The lowest BCUT2D eigenvalue weighted by atomic mass is 10.3. The summed E-state index contributed by atoms with van der Waals surface area (Å²) >= 11 is 0. The van der Waals surface area contributed by atoms with Gasteiger partial charge in [0.25, 0.3) is 0 Å². The fourth-order valence-corrected chi connectivity index (χ4v) is 0.819.